The number of aromatic amines is 1. The van der Waals surface area contributed by atoms with E-state index in [4.69, 9.17) is 9.15 Å². The van der Waals surface area contributed by atoms with Crippen LogP contribution in [0.5, 0.6) is 5.75 Å². The number of fused-ring (bicyclic) bond motifs is 1. The molecule has 0 aliphatic rings. The number of amides is 1. The number of ether oxygens (including phenoxy) is 1. The molecule has 0 fully saturated rings. The molecule has 2 aromatic heterocycles. The molecule has 0 aliphatic heterocycles. The molecule has 7 nitrogen and oxygen atoms in total. The number of para-hydroxylation sites is 2. The van der Waals surface area contributed by atoms with Crippen LogP contribution in [0.2, 0.25) is 0 Å². The van der Waals surface area contributed by atoms with Gasteiger partial charge in [-0.15, -0.1) is 0 Å². The van der Waals surface area contributed by atoms with E-state index in [1.54, 1.807) is 18.2 Å². The lowest BCUT2D eigenvalue weighted by Crippen LogP contribution is -2.24. The highest BCUT2D eigenvalue weighted by atomic mass is 79.9. The van der Waals surface area contributed by atoms with Crippen molar-refractivity contribution in [2.45, 2.75) is 10.2 Å². The zero-order valence-corrected chi connectivity index (χ0v) is 17.4. The topological polar surface area (TPSA) is 92.5 Å². The standard InChI is InChI=1S/C20H15BrN4O3S/c21-13-5-7-14(8-6-13)27-12-18(26)25-22-11-15-9-10-19(28-15)29-20-23-16-3-1-2-4-17(16)24-20/h1-11H,12H2,(H,23,24)(H,25,26)/b22-11-. The average Bonchev–Trinajstić information content (AvgIpc) is 3.34. The van der Waals surface area contributed by atoms with Crippen LogP contribution in [0.3, 0.4) is 0 Å². The van der Waals surface area contributed by atoms with Crippen molar-refractivity contribution >= 4 is 50.8 Å². The molecule has 2 N–H and O–H groups in total. The van der Waals surface area contributed by atoms with E-state index in [0.29, 0.717) is 16.6 Å². The van der Waals surface area contributed by atoms with Crippen LogP contribution in [-0.4, -0.2) is 28.7 Å². The van der Waals surface area contributed by atoms with Gasteiger partial charge in [0.25, 0.3) is 5.91 Å². The van der Waals surface area contributed by atoms with Crippen molar-refractivity contribution in [2.24, 2.45) is 5.10 Å². The van der Waals surface area contributed by atoms with Crippen molar-refractivity contribution < 1.29 is 13.9 Å². The van der Waals surface area contributed by atoms with E-state index in [1.807, 2.05) is 42.5 Å². The Balaban J connectivity index is 1.27. The van der Waals surface area contributed by atoms with Crippen molar-refractivity contribution in [3.63, 3.8) is 0 Å². The van der Waals surface area contributed by atoms with Gasteiger partial charge in [0.05, 0.1) is 17.2 Å². The Kier molecular flexibility index (Phi) is 5.97. The molecule has 9 heteroatoms. The molecule has 1 amide bonds. The van der Waals surface area contributed by atoms with Crippen molar-refractivity contribution in [1.82, 2.24) is 15.4 Å². The molecular formula is C20H15BrN4O3S. The van der Waals surface area contributed by atoms with Crippen LogP contribution in [0.15, 0.2) is 84.9 Å². The van der Waals surface area contributed by atoms with Gasteiger partial charge in [0.2, 0.25) is 0 Å². The predicted octanol–water partition coefficient (Wildman–Crippen LogP) is 4.60. The second kappa shape index (κ2) is 8.97. The van der Waals surface area contributed by atoms with Gasteiger partial charge in [0.15, 0.2) is 16.9 Å². The summed E-state index contributed by atoms with van der Waals surface area (Å²) in [5, 5.41) is 5.29. The lowest BCUT2D eigenvalue weighted by atomic mass is 10.3. The van der Waals surface area contributed by atoms with Crippen LogP contribution in [0.4, 0.5) is 0 Å². The molecule has 2 aromatic carbocycles. The number of halogens is 1. The quantitative estimate of drug-likeness (QED) is 0.304. The van der Waals surface area contributed by atoms with Crippen molar-refractivity contribution in [2.75, 3.05) is 6.61 Å². The Hall–Kier alpha value is -3.04. The molecule has 0 unspecified atom stereocenters. The molecule has 29 heavy (non-hydrogen) atoms. The molecule has 4 rings (SSSR count). The molecule has 0 radical (unpaired) electrons. The normalized spacial score (nSPS) is 11.2. The molecule has 0 spiro atoms. The summed E-state index contributed by atoms with van der Waals surface area (Å²) in [6.45, 7) is -0.135. The minimum Gasteiger partial charge on any atom is -0.484 e. The van der Waals surface area contributed by atoms with Gasteiger partial charge in [-0.05, 0) is 60.3 Å². The number of nitrogens with zero attached hydrogens (tertiary/aromatic N) is 2. The molecule has 2 heterocycles. The van der Waals surface area contributed by atoms with Crippen LogP contribution in [0.25, 0.3) is 11.0 Å². The van der Waals surface area contributed by atoms with Gasteiger partial charge in [-0.25, -0.2) is 10.4 Å². The Morgan fingerprint density at radius 2 is 2.03 bits per heavy atom. The summed E-state index contributed by atoms with van der Waals surface area (Å²) in [6.07, 6.45) is 1.43. The number of imidazole rings is 1. The largest absolute Gasteiger partial charge is 0.484 e. The fourth-order valence-electron chi connectivity index (χ4n) is 2.41. The number of hydrogen-bond acceptors (Lipinski definition) is 6. The number of carbonyl (C=O) groups is 1. The summed E-state index contributed by atoms with van der Waals surface area (Å²) in [4.78, 5) is 19.5. The summed E-state index contributed by atoms with van der Waals surface area (Å²) in [7, 11) is 0. The summed E-state index contributed by atoms with van der Waals surface area (Å²) < 4.78 is 12.0. The number of hydrazone groups is 1. The molecule has 0 aliphatic carbocycles. The molecular weight excluding hydrogens is 456 g/mol. The summed E-state index contributed by atoms with van der Waals surface area (Å²) in [5.41, 5.74) is 4.27. The highest BCUT2D eigenvalue weighted by Crippen LogP contribution is 2.28. The van der Waals surface area contributed by atoms with E-state index in [1.165, 1.54) is 18.0 Å². The third-order valence-corrected chi connectivity index (χ3v) is 5.07. The van der Waals surface area contributed by atoms with Crippen LogP contribution >= 0.6 is 27.7 Å². The Bertz CT molecular complexity index is 1120. The van der Waals surface area contributed by atoms with Crippen LogP contribution < -0.4 is 10.2 Å². The maximum atomic E-state index is 11.8. The van der Waals surface area contributed by atoms with E-state index in [-0.39, 0.29) is 12.5 Å². The van der Waals surface area contributed by atoms with Gasteiger partial charge in [-0.2, -0.15) is 5.10 Å². The highest BCUT2D eigenvalue weighted by molar-refractivity contribution is 9.10. The van der Waals surface area contributed by atoms with Crippen molar-refractivity contribution in [3.05, 3.63) is 70.9 Å². The van der Waals surface area contributed by atoms with E-state index < -0.39 is 0 Å². The van der Waals surface area contributed by atoms with Gasteiger partial charge in [-0.3, -0.25) is 4.79 Å². The Labute approximate surface area is 178 Å². The molecule has 146 valence electrons. The molecule has 0 bridgehead atoms. The number of hydrogen-bond donors (Lipinski definition) is 2. The smallest absolute Gasteiger partial charge is 0.277 e. The third kappa shape index (κ3) is 5.27. The van der Waals surface area contributed by atoms with Gasteiger partial charge in [0, 0.05) is 4.47 Å². The van der Waals surface area contributed by atoms with E-state index in [9.17, 15) is 4.79 Å². The van der Waals surface area contributed by atoms with Gasteiger partial charge in [0.1, 0.15) is 11.5 Å². The maximum Gasteiger partial charge on any atom is 0.277 e. The van der Waals surface area contributed by atoms with E-state index in [0.717, 1.165) is 20.7 Å². The lowest BCUT2D eigenvalue weighted by molar-refractivity contribution is -0.123. The fraction of sp³-hybridized carbons (Fsp3) is 0.0500. The average molecular weight is 471 g/mol. The Morgan fingerprint density at radius 1 is 1.21 bits per heavy atom. The zero-order valence-electron chi connectivity index (χ0n) is 15.0. The van der Waals surface area contributed by atoms with Gasteiger partial charge >= 0.3 is 0 Å². The lowest BCUT2D eigenvalue weighted by Gasteiger charge is -2.04. The third-order valence-electron chi connectivity index (χ3n) is 3.73. The number of aromatic nitrogens is 2. The first-order valence-electron chi connectivity index (χ1n) is 8.58. The number of H-pyrrole nitrogens is 1. The fourth-order valence-corrected chi connectivity index (χ4v) is 3.45. The monoisotopic (exact) mass is 470 g/mol. The molecule has 0 atom stereocenters. The SMILES string of the molecule is O=C(COc1ccc(Br)cc1)N/N=C\c1ccc(Sc2nc3ccccc3[nH]2)o1. The van der Waals surface area contributed by atoms with E-state index >= 15 is 0 Å². The predicted molar refractivity (Wildman–Crippen MR) is 114 cm³/mol. The molecule has 4 aromatic rings. The highest BCUT2D eigenvalue weighted by Gasteiger charge is 2.08. The van der Waals surface area contributed by atoms with Crippen LogP contribution in [0, 0.1) is 0 Å². The number of furan rings is 1. The summed E-state index contributed by atoms with van der Waals surface area (Å²) in [6, 6.07) is 18.6. The first-order valence-corrected chi connectivity index (χ1v) is 10.2. The Morgan fingerprint density at radius 3 is 2.86 bits per heavy atom. The number of nitrogens with one attached hydrogen (secondary N) is 2. The van der Waals surface area contributed by atoms with Crippen LogP contribution in [-0.2, 0) is 4.79 Å². The number of rotatable bonds is 7. The number of carbonyl (C=O) groups excluding carboxylic acids is 1. The number of benzene rings is 2. The summed E-state index contributed by atoms with van der Waals surface area (Å²) >= 11 is 4.72. The minimum absolute atomic E-state index is 0.135. The second-order valence-electron chi connectivity index (χ2n) is 5.85. The second-order valence-corrected chi connectivity index (χ2v) is 7.76. The van der Waals surface area contributed by atoms with Crippen molar-refractivity contribution in [3.8, 4) is 5.75 Å². The summed E-state index contributed by atoms with van der Waals surface area (Å²) in [5.74, 6) is 0.746. The molecule has 0 saturated carbocycles. The van der Waals surface area contributed by atoms with Gasteiger partial charge < -0.3 is 14.1 Å². The first kappa shape index (κ1) is 19.3. The van der Waals surface area contributed by atoms with E-state index in [2.05, 4.69) is 36.4 Å². The molecule has 0 saturated heterocycles. The van der Waals surface area contributed by atoms with Crippen molar-refractivity contribution in [1.29, 1.82) is 0 Å². The first-order chi connectivity index (χ1) is 14.2. The minimum atomic E-state index is -0.368. The van der Waals surface area contributed by atoms with Gasteiger partial charge in [-0.1, -0.05) is 28.1 Å². The zero-order chi connectivity index (χ0) is 20.1. The maximum absolute atomic E-state index is 11.8. The van der Waals surface area contributed by atoms with Crippen LogP contribution in [0.1, 0.15) is 5.76 Å².